The van der Waals surface area contributed by atoms with Gasteiger partial charge in [-0.15, -0.1) is 0 Å². The van der Waals surface area contributed by atoms with Crippen molar-refractivity contribution in [3.63, 3.8) is 0 Å². The number of hydrogen-bond acceptors (Lipinski definition) is 2. The summed E-state index contributed by atoms with van der Waals surface area (Å²) in [6.45, 7) is 7.16. The van der Waals surface area contributed by atoms with Crippen LogP contribution in [-0.4, -0.2) is 29.3 Å². The van der Waals surface area contributed by atoms with Crippen LogP contribution in [0.25, 0.3) is 0 Å². The van der Waals surface area contributed by atoms with Gasteiger partial charge >= 0.3 is 0 Å². The number of hydrogen-bond donors (Lipinski definition) is 1. The molecule has 0 spiro atoms. The molecule has 0 bridgehead atoms. The molecule has 0 aliphatic heterocycles. The van der Waals surface area contributed by atoms with Crippen molar-refractivity contribution in [3.8, 4) is 0 Å². The summed E-state index contributed by atoms with van der Waals surface area (Å²) in [7, 11) is 0. The van der Waals surface area contributed by atoms with Crippen LogP contribution >= 0.6 is 15.9 Å². The maximum absolute atomic E-state index is 13.8. The zero-order valence-electron chi connectivity index (χ0n) is 20.9. The van der Waals surface area contributed by atoms with Crippen LogP contribution < -0.4 is 5.32 Å². The van der Waals surface area contributed by atoms with Gasteiger partial charge in [0, 0.05) is 24.0 Å². The molecule has 0 saturated carbocycles. The van der Waals surface area contributed by atoms with Gasteiger partial charge in [0.05, 0.1) is 6.42 Å². The summed E-state index contributed by atoms with van der Waals surface area (Å²) in [5.41, 5.74) is 5.25. The zero-order chi connectivity index (χ0) is 25.2. The Kier molecular flexibility index (Phi) is 10.1. The molecule has 0 aromatic heterocycles. The number of benzene rings is 3. The van der Waals surface area contributed by atoms with Gasteiger partial charge in [-0.3, -0.25) is 9.59 Å². The summed E-state index contributed by atoms with van der Waals surface area (Å²) in [4.78, 5) is 29.0. The number of unbranched alkanes of at least 4 members (excludes halogenated alkanes) is 1. The smallest absolute Gasteiger partial charge is 0.243 e. The Balaban J connectivity index is 1.95. The van der Waals surface area contributed by atoms with Crippen molar-refractivity contribution in [2.75, 3.05) is 6.54 Å². The molecule has 5 heteroatoms. The van der Waals surface area contributed by atoms with E-state index in [1.807, 2.05) is 68.4 Å². The van der Waals surface area contributed by atoms with E-state index in [2.05, 4.69) is 46.4 Å². The second-order valence-corrected chi connectivity index (χ2v) is 10.1. The molecule has 3 aromatic rings. The maximum Gasteiger partial charge on any atom is 0.243 e. The highest BCUT2D eigenvalue weighted by atomic mass is 79.9. The molecule has 0 heterocycles. The summed E-state index contributed by atoms with van der Waals surface area (Å²) in [5, 5.41) is 3.08. The molecular formula is C30H35BrN2O2. The standard InChI is InChI=1S/C30H35BrN2O2/c1-4-5-15-32-30(35)28(19-24-9-7-6-8-10-24)33(21-25-11-13-27(31)14-12-25)29(34)20-26-17-22(2)16-23(3)18-26/h6-14,16-18,28H,4-5,15,19-21H2,1-3H3,(H,32,35)/t28-/m1/s1. The first-order valence-electron chi connectivity index (χ1n) is 12.3. The van der Waals surface area contributed by atoms with Crippen molar-refractivity contribution in [3.05, 3.63) is 105 Å². The molecule has 35 heavy (non-hydrogen) atoms. The van der Waals surface area contributed by atoms with E-state index < -0.39 is 6.04 Å². The number of halogens is 1. The van der Waals surface area contributed by atoms with E-state index in [9.17, 15) is 9.59 Å². The van der Waals surface area contributed by atoms with Gasteiger partial charge in [-0.25, -0.2) is 0 Å². The van der Waals surface area contributed by atoms with E-state index in [4.69, 9.17) is 0 Å². The lowest BCUT2D eigenvalue weighted by Crippen LogP contribution is -2.51. The molecule has 0 radical (unpaired) electrons. The number of carbonyl (C=O) groups is 2. The Morgan fingerprint density at radius 3 is 2.17 bits per heavy atom. The molecule has 3 rings (SSSR count). The average Bonchev–Trinajstić information content (AvgIpc) is 2.82. The first-order chi connectivity index (χ1) is 16.9. The van der Waals surface area contributed by atoms with Crippen molar-refractivity contribution in [1.82, 2.24) is 10.2 Å². The first-order valence-corrected chi connectivity index (χ1v) is 13.1. The van der Waals surface area contributed by atoms with Crippen molar-refractivity contribution < 1.29 is 9.59 Å². The fourth-order valence-corrected chi connectivity index (χ4v) is 4.56. The van der Waals surface area contributed by atoms with E-state index >= 15 is 0 Å². The zero-order valence-corrected chi connectivity index (χ0v) is 22.5. The Labute approximate surface area is 217 Å². The molecule has 0 unspecified atom stereocenters. The number of carbonyl (C=O) groups excluding carboxylic acids is 2. The molecule has 2 amide bonds. The molecule has 1 N–H and O–H groups in total. The maximum atomic E-state index is 13.8. The molecule has 3 aromatic carbocycles. The van der Waals surface area contributed by atoms with Gasteiger partial charge in [0.25, 0.3) is 0 Å². The van der Waals surface area contributed by atoms with Gasteiger partial charge in [0.1, 0.15) is 6.04 Å². The molecular weight excluding hydrogens is 500 g/mol. The lowest BCUT2D eigenvalue weighted by atomic mass is 10.00. The minimum absolute atomic E-state index is 0.0514. The lowest BCUT2D eigenvalue weighted by Gasteiger charge is -2.32. The summed E-state index contributed by atoms with van der Waals surface area (Å²) in [6.07, 6.45) is 2.63. The third kappa shape index (κ3) is 8.36. The largest absolute Gasteiger partial charge is 0.354 e. The van der Waals surface area contributed by atoms with Crippen LogP contribution in [0.2, 0.25) is 0 Å². The fourth-order valence-electron chi connectivity index (χ4n) is 4.29. The summed E-state index contributed by atoms with van der Waals surface area (Å²) < 4.78 is 0.979. The minimum atomic E-state index is -0.601. The Hall–Kier alpha value is -2.92. The van der Waals surface area contributed by atoms with Crippen molar-refractivity contribution in [2.45, 2.75) is 59.0 Å². The second-order valence-electron chi connectivity index (χ2n) is 9.17. The SMILES string of the molecule is CCCCNC(=O)[C@@H](Cc1ccccc1)N(Cc1ccc(Br)cc1)C(=O)Cc1cc(C)cc(C)c1. The fraction of sp³-hybridized carbons (Fsp3) is 0.333. The van der Waals surface area contributed by atoms with Crippen LogP contribution in [0.3, 0.4) is 0 Å². The molecule has 1 atom stereocenters. The van der Waals surface area contributed by atoms with Crippen LogP contribution in [-0.2, 0) is 29.0 Å². The predicted octanol–water partition coefficient (Wildman–Crippen LogP) is 6.16. The highest BCUT2D eigenvalue weighted by Crippen LogP contribution is 2.19. The first kappa shape index (κ1) is 26.7. The third-order valence-electron chi connectivity index (χ3n) is 6.00. The van der Waals surface area contributed by atoms with E-state index in [-0.39, 0.29) is 18.2 Å². The second kappa shape index (κ2) is 13.2. The van der Waals surface area contributed by atoms with Crippen LogP contribution in [0.4, 0.5) is 0 Å². The Bertz CT molecular complexity index is 1090. The van der Waals surface area contributed by atoms with Gasteiger partial charge in [0.2, 0.25) is 11.8 Å². The van der Waals surface area contributed by atoms with Crippen LogP contribution in [0.1, 0.15) is 47.6 Å². The average molecular weight is 536 g/mol. The Morgan fingerprint density at radius 2 is 1.54 bits per heavy atom. The van der Waals surface area contributed by atoms with Crippen LogP contribution in [0.5, 0.6) is 0 Å². The van der Waals surface area contributed by atoms with Gasteiger partial charge in [-0.05, 0) is 49.1 Å². The molecule has 0 fully saturated rings. The van der Waals surface area contributed by atoms with E-state index in [0.29, 0.717) is 19.5 Å². The van der Waals surface area contributed by atoms with Crippen molar-refractivity contribution in [1.29, 1.82) is 0 Å². The van der Waals surface area contributed by atoms with Crippen molar-refractivity contribution in [2.24, 2.45) is 0 Å². The summed E-state index contributed by atoms with van der Waals surface area (Å²) in [6, 6.07) is 23.5. The summed E-state index contributed by atoms with van der Waals surface area (Å²) in [5.74, 6) is -0.155. The topological polar surface area (TPSA) is 49.4 Å². The molecule has 0 aliphatic carbocycles. The lowest BCUT2D eigenvalue weighted by molar-refractivity contribution is -0.140. The highest BCUT2D eigenvalue weighted by Gasteiger charge is 2.30. The molecule has 4 nitrogen and oxygen atoms in total. The van der Waals surface area contributed by atoms with Gasteiger partial charge < -0.3 is 10.2 Å². The number of nitrogens with one attached hydrogen (secondary N) is 1. The van der Waals surface area contributed by atoms with E-state index in [1.54, 1.807) is 4.90 Å². The number of amides is 2. The van der Waals surface area contributed by atoms with Crippen LogP contribution in [0, 0.1) is 13.8 Å². The predicted molar refractivity (Wildman–Crippen MR) is 146 cm³/mol. The monoisotopic (exact) mass is 534 g/mol. The summed E-state index contributed by atoms with van der Waals surface area (Å²) >= 11 is 3.49. The number of aryl methyl sites for hydroxylation is 2. The molecule has 0 saturated heterocycles. The van der Waals surface area contributed by atoms with Crippen molar-refractivity contribution >= 4 is 27.7 Å². The van der Waals surface area contributed by atoms with Gasteiger partial charge in [-0.1, -0.05) is 101 Å². The van der Waals surface area contributed by atoms with Gasteiger partial charge in [0.15, 0.2) is 0 Å². The van der Waals surface area contributed by atoms with E-state index in [1.165, 1.54) is 0 Å². The molecule has 0 aliphatic rings. The van der Waals surface area contributed by atoms with Gasteiger partial charge in [-0.2, -0.15) is 0 Å². The third-order valence-corrected chi connectivity index (χ3v) is 6.53. The number of nitrogens with zero attached hydrogens (tertiary/aromatic N) is 1. The van der Waals surface area contributed by atoms with Crippen LogP contribution in [0.15, 0.2) is 77.3 Å². The minimum Gasteiger partial charge on any atom is -0.354 e. The quantitative estimate of drug-likeness (QED) is 0.299. The van der Waals surface area contributed by atoms with E-state index in [0.717, 1.165) is 45.1 Å². The Morgan fingerprint density at radius 1 is 0.886 bits per heavy atom. The highest BCUT2D eigenvalue weighted by molar-refractivity contribution is 9.10. The normalized spacial score (nSPS) is 11.7. The molecule has 184 valence electrons. The number of rotatable bonds is 11.